The quantitative estimate of drug-likeness (QED) is 0.448. The SMILES string of the molecule is CC[C@@]12CCC3(O1)C(C(=O)NC(C)(C)C)N([C@@H](CO)Cc1ccccc1)C(=O)[C@@H]3[C@@H]2C(=O)NCc1ccccc1. The van der Waals surface area contributed by atoms with E-state index in [9.17, 15) is 19.5 Å². The molecule has 3 aliphatic rings. The average Bonchev–Trinajstić information content (AvgIpc) is 3.54. The normalized spacial score (nSPS) is 29.8. The number of aliphatic hydroxyl groups excluding tert-OH is 1. The van der Waals surface area contributed by atoms with E-state index in [-0.39, 0.29) is 24.3 Å². The van der Waals surface area contributed by atoms with Crippen molar-refractivity contribution >= 4 is 17.7 Å². The monoisotopic (exact) mass is 547 g/mol. The highest BCUT2D eigenvalue weighted by Gasteiger charge is 2.79. The predicted molar refractivity (Wildman–Crippen MR) is 151 cm³/mol. The van der Waals surface area contributed by atoms with Crippen molar-refractivity contribution in [3.05, 3.63) is 71.8 Å². The van der Waals surface area contributed by atoms with Crippen LogP contribution in [0.1, 0.15) is 58.1 Å². The number of carbonyl (C=O) groups is 3. The van der Waals surface area contributed by atoms with Crippen LogP contribution >= 0.6 is 0 Å². The van der Waals surface area contributed by atoms with E-state index < -0.39 is 40.7 Å². The number of benzene rings is 2. The maximum atomic E-state index is 14.5. The van der Waals surface area contributed by atoms with E-state index in [1.807, 2.05) is 88.4 Å². The molecule has 6 atom stereocenters. The maximum absolute atomic E-state index is 14.5. The molecule has 1 spiro atoms. The van der Waals surface area contributed by atoms with Crippen LogP contribution in [0.3, 0.4) is 0 Å². The van der Waals surface area contributed by atoms with Crippen molar-refractivity contribution in [2.45, 2.75) is 88.7 Å². The number of aliphatic hydroxyl groups is 1. The van der Waals surface area contributed by atoms with Crippen LogP contribution in [0, 0.1) is 11.8 Å². The first-order chi connectivity index (χ1) is 19.0. The minimum Gasteiger partial charge on any atom is -0.394 e. The van der Waals surface area contributed by atoms with Crippen molar-refractivity contribution < 1.29 is 24.2 Å². The third-order valence-electron chi connectivity index (χ3n) is 8.88. The molecular formula is C32H41N3O5. The van der Waals surface area contributed by atoms with E-state index in [1.165, 1.54) is 0 Å². The summed E-state index contributed by atoms with van der Waals surface area (Å²) < 4.78 is 6.83. The van der Waals surface area contributed by atoms with Crippen molar-refractivity contribution in [2.75, 3.05) is 6.61 Å². The first-order valence-corrected chi connectivity index (χ1v) is 14.4. The zero-order valence-corrected chi connectivity index (χ0v) is 23.9. The van der Waals surface area contributed by atoms with Crippen LogP contribution in [0.15, 0.2) is 60.7 Å². The van der Waals surface area contributed by atoms with Crippen LogP contribution in [0.25, 0.3) is 0 Å². The zero-order valence-electron chi connectivity index (χ0n) is 23.9. The zero-order chi connectivity index (χ0) is 28.7. The fourth-order valence-corrected chi connectivity index (χ4v) is 7.22. The molecule has 8 heteroatoms. The molecule has 5 rings (SSSR count). The Hall–Kier alpha value is -3.23. The highest BCUT2D eigenvalue weighted by Crippen LogP contribution is 2.64. The van der Waals surface area contributed by atoms with Gasteiger partial charge in [-0.2, -0.15) is 0 Å². The molecule has 2 unspecified atom stereocenters. The number of rotatable bonds is 9. The fourth-order valence-electron chi connectivity index (χ4n) is 7.22. The molecule has 3 heterocycles. The molecule has 0 radical (unpaired) electrons. The number of fused-ring (bicyclic) bond motifs is 1. The minimum absolute atomic E-state index is 0.230. The van der Waals surface area contributed by atoms with Crippen LogP contribution in [0.2, 0.25) is 0 Å². The number of hydrogen-bond donors (Lipinski definition) is 3. The summed E-state index contributed by atoms with van der Waals surface area (Å²) in [4.78, 5) is 43.9. The van der Waals surface area contributed by atoms with Crippen LogP contribution in [-0.4, -0.2) is 63.2 Å². The van der Waals surface area contributed by atoms with Gasteiger partial charge in [0.05, 0.1) is 30.1 Å². The van der Waals surface area contributed by atoms with Gasteiger partial charge in [-0.25, -0.2) is 0 Å². The molecule has 3 fully saturated rings. The van der Waals surface area contributed by atoms with Crippen molar-refractivity contribution in [1.82, 2.24) is 15.5 Å². The number of amides is 3. The molecule has 2 aromatic rings. The lowest BCUT2D eigenvalue weighted by molar-refractivity contribution is -0.151. The third-order valence-corrected chi connectivity index (χ3v) is 8.88. The topological polar surface area (TPSA) is 108 Å². The Kier molecular flexibility index (Phi) is 7.52. The lowest BCUT2D eigenvalue weighted by Gasteiger charge is -2.38. The molecule has 3 saturated heterocycles. The number of likely N-dealkylation sites (tertiary alicyclic amines) is 1. The smallest absolute Gasteiger partial charge is 0.246 e. The number of carbonyl (C=O) groups excluding carboxylic acids is 3. The molecule has 8 nitrogen and oxygen atoms in total. The lowest BCUT2D eigenvalue weighted by atomic mass is 9.65. The van der Waals surface area contributed by atoms with Gasteiger partial charge in [0.15, 0.2) is 0 Å². The van der Waals surface area contributed by atoms with Gasteiger partial charge in [-0.05, 0) is 57.6 Å². The standard InChI is InChI=1S/C32H41N3O5/c1-5-31-16-17-32(40-31)25(24(31)27(37)33-19-22-14-10-7-11-15-22)29(39)35(26(32)28(38)34-30(2,3)4)23(20-36)18-21-12-8-6-9-13-21/h6-15,23-26,36H,5,16-20H2,1-4H3,(H,33,37)(H,34,38)/t23-,24-,25+,26?,31+,32?/m1/s1. The van der Waals surface area contributed by atoms with Crippen molar-refractivity contribution in [3.8, 4) is 0 Å². The van der Waals surface area contributed by atoms with E-state index >= 15 is 0 Å². The van der Waals surface area contributed by atoms with Gasteiger partial charge in [0, 0.05) is 12.1 Å². The van der Waals surface area contributed by atoms with E-state index in [0.717, 1.165) is 11.1 Å². The number of nitrogens with one attached hydrogen (secondary N) is 2. The van der Waals surface area contributed by atoms with Gasteiger partial charge in [-0.3, -0.25) is 14.4 Å². The second kappa shape index (κ2) is 10.6. The van der Waals surface area contributed by atoms with Crippen molar-refractivity contribution in [3.63, 3.8) is 0 Å². The third kappa shape index (κ3) is 4.81. The largest absolute Gasteiger partial charge is 0.394 e. The molecule has 3 amide bonds. The second-order valence-corrected chi connectivity index (χ2v) is 12.5. The Labute approximate surface area is 236 Å². The first-order valence-electron chi connectivity index (χ1n) is 14.4. The van der Waals surface area contributed by atoms with Gasteiger partial charge in [0.25, 0.3) is 0 Å². The van der Waals surface area contributed by atoms with Crippen LogP contribution in [-0.2, 0) is 32.1 Å². The Bertz CT molecular complexity index is 1250. The molecule has 0 aromatic heterocycles. The fraction of sp³-hybridized carbons (Fsp3) is 0.531. The number of hydrogen-bond acceptors (Lipinski definition) is 5. The lowest BCUT2D eigenvalue weighted by Crippen LogP contribution is -2.60. The van der Waals surface area contributed by atoms with Crippen LogP contribution in [0.4, 0.5) is 0 Å². The maximum Gasteiger partial charge on any atom is 0.246 e. The van der Waals surface area contributed by atoms with Gasteiger partial charge in [-0.15, -0.1) is 0 Å². The van der Waals surface area contributed by atoms with Gasteiger partial charge in [0.2, 0.25) is 17.7 Å². The van der Waals surface area contributed by atoms with Gasteiger partial charge in [-0.1, -0.05) is 67.6 Å². The van der Waals surface area contributed by atoms with Crippen molar-refractivity contribution in [1.29, 1.82) is 0 Å². The average molecular weight is 548 g/mol. The molecule has 0 saturated carbocycles. The van der Waals surface area contributed by atoms with Crippen molar-refractivity contribution in [2.24, 2.45) is 11.8 Å². The summed E-state index contributed by atoms with van der Waals surface area (Å²) in [6.45, 7) is 7.70. The van der Waals surface area contributed by atoms with Gasteiger partial charge in [0.1, 0.15) is 11.6 Å². The Balaban J connectivity index is 1.53. The van der Waals surface area contributed by atoms with E-state index in [0.29, 0.717) is 32.2 Å². The number of ether oxygens (including phenoxy) is 1. The summed E-state index contributed by atoms with van der Waals surface area (Å²) in [5.41, 5.74) is -0.584. The summed E-state index contributed by atoms with van der Waals surface area (Å²) >= 11 is 0. The van der Waals surface area contributed by atoms with Gasteiger partial charge < -0.3 is 25.4 Å². The predicted octanol–water partition coefficient (Wildman–Crippen LogP) is 2.98. The second-order valence-electron chi connectivity index (χ2n) is 12.5. The summed E-state index contributed by atoms with van der Waals surface area (Å²) in [6, 6.07) is 17.7. The molecule has 0 aliphatic carbocycles. The molecule has 2 bridgehead atoms. The number of nitrogens with zero attached hydrogens (tertiary/aromatic N) is 1. The first kappa shape index (κ1) is 28.3. The highest BCUT2D eigenvalue weighted by atomic mass is 16.5. The molecular weight excluding hydrogens is 506 g/mol. The summed E-state index contributed by atoms with van der Waals surface area (Å²) in [7, 11) is 0. The molecule has 3 N–H and O–H groups in total. The Morgan fingerprint density at radius 2 is 1.65 bits per heavy atom. The summed E-state index contributed by atoms with van der Waals surface area (Å²) in [6.07, 6.45) is 2.03. The van der Waals surface area contributed by atoms with Crippen LogP contribution < -0.4 is 10.6 Å². The molecule has 214 valence electrons. The van der Waals surface area contributed by atoms with E-state index in [4.69, 9.17) is 4.74 Å². The van der Waals surface area contributed by atoms with E-state index in [1.54, 1.807) is 4.90 Å². The molecule has 2 aromatic carbocycles. The Morgan fingerprint density at radius 1 is 1.02 bits per heavy atom. The Morgan fingerprint density at radius 3 is 2.23 bits per heavy atom. The molecule has 40 heavy (non-hydrogen) atoms. The van der Waals surface area contributed by atoms with Gasteiger partial charge >= 0.3 is 0 Å². The highest BCUT2D eigenvalue weighted by molar-refractivity contribution is 5.99. The van der Waals surface area contributed by atoms with E-state index in [2.05, 4.69) is 10.6 Å². The minimum atomic E-state index is -1.14. The molecule has 3 aliphatic heterocycles. The summed E-state index contributed by atoms with van der Waals surface area (Å²) in [5, 5.41) is 16.7. The van der Waals surface area contributed by atoms with Crippen LogP contribution in [0.5, 0.6) is 0 Å². The summed E-state index contributed by atoms with van der Waals surface area (Å²) in [5.74, 6) is -2.37.